The van der Waals surface area contributed by atoms with E-state index in [-0.39, 0.29) is 23.3 Å². The van der Waals surface area contributed by atoms with E-state index in [1.165, 1.54) is 22.5 Å². The van der Waals surface area contributed by atoms with Gasteiger partial charge >= 0.3 is 0 Å². The van der Waals surface area contributed by atoms with Crippen LogP contribution >= 0.6 is 0 Å². The number of amides is 1. The summed E-state index contributed by atoms with van der Waals surface area (Å²) in [6, 6.07) is 1.60. The van der Waals surface area contributed by atoms with Crippen LogP contribution < -0.4 is 11.1 Å². The zero-order valence-corrected chi connectivity index (χ0v) is 14.8. The lowest BCUT2D eigenvalue weighted by atomic mass is 10.1. The molecule has 12 heteroatoms. The van der Waals surface area contributed by atoms with Gasteiger partial charge in [0.15, 0.2) is 17.7 Å². The summed E-state index contributed by atoms with van der Waals surface area (Å²) in [7, 11) is 1.53. The number of imidazole rings is 1. The Labute approximate surface area is 158 Å². The van der Waals surface area contributed by atoms with Crippen molar-refractivity contribution >= 4 is 22.9 Å². The molecule has 0 unspecified atom stereocenters. The minimum absolute atomic E-state index is 0.0979. The van der Waals surface area contributed by atoms with E-state index in [9.17, 15) is 20.1 Å². The molecule has 0 spiro atoms. The van der Waals surface area contributed by atoms with Gasteiger partial charge in [0.05, 0.1) is 18.5 Å². The summed E-state index contributed by atoms with van der Waals surface area (Å²) in [5, 5.41) is 32.1. The van der Waals surface area contributed by atoms with Crippen LogP contribution in [-0.2, 0) is 4.74 Å². The minimum Gasteiger partial charge on any atom is -0.394 e. The normalized spacial score (nSPS) is 24.7. The van der Waals surface area contributed by atoms with Crippen molar-refractivity contribution in [1.29, 1.82) is 0 Å². The van der Waals surface area contributed by atoms with Gasteiger partial charge in [-0.15, -0.1) is 0 Å². The van der Waals surface area contributed by atoms with E-state index >= 15 is 0 Å². The molecule has 1 amide bonds. The van der Waals surface area contributed by atoms with Crippen LogP contribution in [0.15, 0.2) is 24.8 Å². The maximum atomic E-state index is 11.8. The Hall–Kier alpha value is -3.06. The molecule has 4 rings (SSSR count). The van der Waals surface area contributed by atoms with E-state index in [0.717, 1.165) is 0 Å². The van der Waals surface area contributed by atoms with Crippen LogP contribution in [0.5, 0.6) is 0 Å². The second-order valence-corrected chi connectivity index (χ2v) is 6.35. The number of aromatic nitrogens is 5. The molecule has 0 radical (unpaired) electrons. The van der Waals surface area contributed by atoms with E-state index in [1.54, 1.807) is 18.5 Å². The second kappa shape index (κ2) is 6.83. The largest absolute Gasteiger partial charge is 0.394 e. The van der Waals surface area contributed by atoms with Crippen LogP contribution in [0.4, 0.5) is 5.82 Å². The van der Waals surface area contributed by atoms with Gasteiger partial charge in [-0.2, -0.15) is 9.97 Å². The second-order valence-electron chi connectivity index (χ2n) is 6.35. The van der Waals surface area contributed by atoms with Crippen LogP contribution in [0.1, 0.15) is 16.6 Å². The molecule has 1 aliphatic rings. The SMILES string of the molecule is CNC(=O)c1ccn(-c2nc(N)c3ncn([C@@H]4O[C@H](CO)[C@H](O)[C@@H]4O)c3n2)c1. The van der Waals surface area contributed by atoms with Gasteiger partial charge in [0.1, 0.15) is 23.8 Å². The first kappa shape index (κ1) is 18.3. The number of aliphatic hydroxyl groups is 3. The number of nitrogen functional groups attached to an aromatic ring is 1. The number of nitrogens with zero attached hydrogens (tertiary/aromatic N) is 5. The van der Waals surface area contributed by atoms with Crippen LogP contribution in [0, 0.1) is 0 Å². The first-order chi connectivity index (χ1) is 13.4. The highest BCUT2D eigenvalue weighted by Crippen LogP contribution is 2.32. The van der Waals surface area contributed by atoms with Gasteiger partial charge in [-0.3, -0.25) is 13.9 Å². The van der Waals surface area contributed by atoms with Crippen molar-refractivity contribution < 1.29 is 24.9 Å². The number of aliphatic hydroxyl groups excluding tert-OH is 3. The highest BCUT2D eigenvalue weighted by molar-refractivity contribution is 5.93. The fourth-order valence-corrected chi connectivity index (χ4v) is 3.14. The van der Waals surface area contributed by atoms with Crippen LogP contribution in [-0.4, -0.2) is 77.3 Å². The quantitative estimate of drug-likeness (QED) is 0.344. The molecule has 0 saturated carbocycles. The summed E-state index contributed by atoms with van der Waals surface area (Å²) >= 11 is 0. The summed E-state index contributed by atoms with van der Waals surface area (Å²) in [4.78, 5) is 24.5. The molecule has 3 aromatic rings. The molecule has 12 nitrogen and oxygen atoms in total. The lowest BCUT2D eigenvalue weighted by Gasteiger charge is -2.16. The molecule has 4 heterocycles. The zero-order valence-electron chi connectivity index (χ0n) is 14.8. The predicted octanol–water partition coefficient (Wildman–Crippen LogP) is -1.83. The van der Waals surface area contributed by atoms with Crippen molar-refractivity contribution in [2.24, 2.45) is 0 Å². The molecule has 3 aromatic heterocycles. The molecule has 1 fully saturated rings. The van der Waals surface area contributed by atoms with Crippen molar-refractivity contribution in [3.05, 3.63) is 30.4 Å². The number of hydrogen-bond acceptors (Lipinski definition) is 9. The molecule has 148 valence electrons. The summed E-state index contributed by atoms with van der Waals surface area (Å²) in [5.74, 6) is 0.0266. The summed E-state index contributed by atoms with van der Waals surface area (Å²) in [5.41, 5.74) is 6.98. The lowest BCUT2D eigenvalue weighted by Crippen LogP contribution is -2.33. The van der Waals surface area contributed by atoms with Gasteiger partial charge in [0.2, 0.25) is 5.95 Å². The average Bonchev–Trinajstić information content (AvgIpc) is 3.40. The van der Waals surface area contributed by atoms with Crippen molar-refractivity contribution in [3.63, 3.8) is 0 Å². The van der Waals surface area contributed by atoms with Crippen LogP contribution in [0.3, 0.4) is 0 Å². The molecular weight excluding hydrogens is 370 g/mol. The minimum atomic E-state index is -1.29. The van der Waals surface area contributed by atoms with Gasteiger partial charge in [0.25, 0.3) is 5.91 Å². The van der Waals surface area contributed by atoms with E-state index < -0.39 is 31.1 Å². The molecule has 28 heavy (non-hydrogen) atoms. The molecule has 1 aliphatic heterocycles. The zero-order chi connectivity index (χ0) is 20.0. The number of fused-ring (bicyclic) bond motifs is 1. The Kier molecular flexibility index (Phi) is 4.47. The number of carbonyl (C=O) groups is 1. The van der Waals surface area contributed by atoms with Crippen molar-refractivity contribution in [2.75, 3.05) is 19.4 Å². The first-order valence-corrected chi connectivity index (χ1v) is 8.47. The van der Waals surface area contributed by atoms with E-state index in [1.807, 2.05) is 0 Å². The first-order valence-electron chi connectivity index (χ1n) is 8.47. The van der Waals surface area contributed by atoms with Crippen LogP contribution in [0.2, 0.25) is 0 Å². The molecule has 6 N–H and O–H groups in total. The van der Waals surface area contributed by atoms with Gasteiger partial charge in [0, 0.05) is 19.4 Å². The third-order valence-electron chi connectivity index (χ3n) is 4.64. The summed E-state index contributed by atoms with van der Waals surface area (Å²) < 4.78 is 8.48. The number of nitrogens with two attached hydrogens (primary N) is 1. The van der Waals surface area contributed by atoms with Gasteiger partial charge in [-0.05, 0) is 6.07 Å². The highest BCUT2D eigenvalue weighted by Gasteiger charge is 2.44. The van der Waals surface area contributed by atoms with Gasteiger partial charge in [-0.1, -0.05) is 0 Å². The average molecular weight is 389 g/mol. The van der Waals surface area contributed by atoms with Gasteiger partial charge < -0.3 is 31.1 Å². The third kappa shape index (κ3) is 2.79. The monoisotopic (exact) mass is 389 g/mol. The fraction of sp³-hybridized carbons (Fsp3) is 0.375. The number of anilines is 1. The standard InChI is InChI=1S/C16H19N7O5/c1-18-14(27)7-2-3-22(4-7)16-20-12(17)9-13(21-16)23(6-19-9)15-11(26)10(25)8(5-24)28-15/h2-4,6,8,10-11,15,24-26H,5H2,1H3,(H,18,27)(H2,17,20,21)/t8-,10+,11+,15-/m1/s1. The maximum absolute atomic E-state index is 11.8. The number of rotatable bonds is 4. The Morgan fingerprint density at radius 1 is 1.36 bits per heavy atom. The highest BCUT2D eigenvalue weighted by atomic mass is 16.6. The number of hydrogen-bond donors (Lipinski definition) is 5. The van der Waals surface area contributed by atoms with Gasteiger partial charge in [-0.25, -0.2) is 4.98 Å². The number of ether oxygens (including phenoxy) is 1. The molecular formula is C16H19N7O5. The van der Waals surface area contributed by atoms with Crippen molar-refractivity contribution in [3.8, 4) is 5.95 Å². The summed E-state index contributed by atoms with van der Waals surface area (Å²) in [6.45, 7) is -0.449. The molecule has 0 bridgehead atoms. The Balaban J connectivity index is 1.77. The predicted molar refractivity (Wildman–Crippen MR) is 95.5 cm³/mol. The molecule has 4 atom stereocenters. The molecule has 1 saturated heterocycles. The lowest BCUT2D eigenvalue weighted by molar-refractivity contribution is -0.0511. The van der Waals surface area contributed by atoms with Crippen LogP contribution in [0.25, 0.3) is 17.1 Å². The topological polar surface area (TPSA) is 174 Å². The Morgan fingerprint density at radius 2 is 2.14 bits per heavy atom. The summed E-state index contributed by atoms with van der Waals surface area (Å²) in [6.07, 6.45) is 0.0310. The van der Waals surface area contributed by atoms with E-state index in [0.29, 0.717) is 11.1 Å². The Morgan fingerprint density at radius 3 is 2.82 bits per heavy atom. The van der Waals surface area contributed by atoms with Crippen molar-refractivity contribution in [2.45, 2.75) is 24.5 Å². The van der Waals surface area contributed by atoms with E-state index in [2.05, 4.69) is 20.3 Å². The van der Waals surface area contributed by atoms with E-state index in [4.69, 9.17) is 10.5 Å². The van der Waals surface area contributed by atoms with Crippen molar-refractivity contribution in [1.82, 2.24) is 29.4 Å². The number of carbonyl (C=O) groups excluding carboxylic acids is 1. The third-order valence-corrected chi connectivity index (χ3v) is 4.64. The fourth-order valence-electron chi connectivity index (χ4n) is 3.14. The maximum Gasteiger partial charge on any atom is 0.252 e. The Bertz CT molecular complexity index is 1030. The smallest absolute Gasteiger partial charge is 0.252 e. The number of nitrogens with one attached hydrogen (secondary N) is 1. The molecule has 0 aromatic carbocycles. The molecule has 0 aliphatic carbocycles.